The fourth-order valence-corrected chi connectivity index (χ4v) is 2.11. The minimum atomic E-state index is -1.10. The van der Waals surface area contributed by atoms with E-state index in [-0.39, 0.29) is 11.4 Å². The topological polar surface area (TPSA) is 113 Å². The van der Waals surface area contributed by atoms with E-state index in [1.807, 2.05) is 6.26 Å². The minimum absolute atomic E-state index is 0.0809. The highest BCUT2D eigenvalue weighted by Gasteiger charge is 2.25. The molecule has 7 nitrogen and oxygen atoms in total. The van der Waals surface area contributed by atoms with E-state index in [4.69, 9.17) is 5.11 Å². The standard InChI is InChI=1S/C13H16N2O5S/c1-7(16)14-9-5-12(18)10(6-11(9)17)15-8(13(19)20)3-4-21-2/h5-6,8,15H,3-4H2,1-2H3,(H,14,16)(H,19,20)/t8-/m0/s1. The van der Waals surface area contributed by atoms with Crippen LogP contribution < -0.4 is 10.6 Å². The van der Waals surface area contributed by atoms with Crippen molar-refractivity contribution in [3.05, 3.63) is 23.5 Å². The quantitative estimate of drug-likeness (QED) is 0.560. The van der Waals surface area contributed by atoms with E-state index in [1.54, 1.807) is 0 Å². The average molecular weight is 312 g/mol. The van der Waals surface area contributed by atoms with Crippen molar-refractivity contribution in [3.63, 3.8) is 0 Å². The molecule has 114 valence electrons. The van der Waals surface area contributed by atoms with Crippen LogP contribution in [-0.2, 0) is 19.2 Å². The first-order valence-electron chi connectivity index (χ1n) is 6.13. The number of hydrogen-bond acceptors (Lipinski definition) is 6. The van der Waals surface area contributed by atoms with Crippen LogP contribution in [0, 0.1) is 0 Å². The van der Waals surface area contributed by atoms with Crippen molar-refractivity contribution in [2.75, 3.05) is 12.0 Å². The third-order valence-electron chi connectivity index (χ3n) is 2.63. The predicted octanol–water partition coefficient (Wildman–Crippen LogP) is -0.162. The van der Waals surface area contributed by atoms with Crippen molar-refractivity contribution in [1.29, 1.82) is 0 Å². The molecular weight excluding hydrogens is 296 g/mol. The Bertz CT molecular complexity index is 539. The molecule has 3 N–H and O–H groups in total. The van der Waals surface area contributed by atoms with Gasteiger partial charge in [0, 0.05) is 19.1 Å². The monoisotopic (exact) mass is 312 g/mol. The van der Waals surface area contributed by atoms with Gasteiger partial charge in [-0.2, -0.15) is 11.8 Å². The van der Waals surface area contributed by atoms with Crippen molar-refractivity contribution >= 4 is 35.2 Å². The van der Waals surface area contributed by atoms with Gasteiger partial charge in [0.05, 0.1) is 11.4 Å². The van der Waals surface area contributed by atoms with Crippen LogP contribution in [0.3, 0.4) is 0 Å². The maximum absolute atomic E-state index is 11.9. The van der Waals surface area contributed by atoms with E-state index in [2.05, 4.69) is 10.6 Å². The van der Waals surface area contributed by atoms with Crippen LogP contribution in [0.2, 0.25) is 0 Å². The molecule has 1 atom stereocenters. The number of carbonyl (C=O) groups excluding carboxylic acids is 3. The van der Waals surface area contributed by atoms with Gasteiger partial charge in [0.25, 0.3) is 0 Å². The van der Waals surface area contributed by atoms with Gasteiger partial charge in [-0.15, -0.1) is 0 Å². The Morgan fingerprint density at radius 1 is 1.24 bits per heavy atom. The molecule has 1 aliphatic carbocycles. The molecule has 1 aliphatic rings. The fourth-order valence-electron chi connectivity index (χ4n) is 1.64. The molecule has 0 aromatic heterocycles. The lowest BCUT2D eigenvalue weighted by Gasteiger charge is -2.19. The highest BCUT2D eigenvalue weighted by atomic mass is 32.2. The Hall–Kier alpha value is -2.09. The van der Waals surface area contributed by atoms with E-state index in [9.17, 15) is 19.2 Å². The number of nitrogens with one attached hydrogen (secondary N) is 2. The van der Waals surface area contributed by atoms with Gasteiger partial charge in [0.2, 0.25) is 17.5 Å². The summed E-state index contributed by atoms with van der Waals surface area (Å²) in [6.07, 6.45) is 4.15. The first-order valence-corrected chi connectivity index (χ1v) is 7.52. The number of amides is 1. The molecule has 21 heavy (non-hydrogen) atoms. The lowest BCUT2D eigenvalue weighted by atomic mass is 10.0. The Morgan fingerprint density at radius 2 is 1.81 bits per heavy atom. The maximum Gasteiger partial charge on any atom is 0.326 e. The van der Waals surface area contributed by atoms with Crippen LogP contribution >= 0.6 is 11.8 Å². The number of thioether (sulfide) groups is 1. The molecule has 0 fully saturated rings. The zero-order valence-electron chi connectivity index (χ0n) is 11.6. The third-order valence-corrected chi connectivity index (χ3v) is 3.27. The Morgan fingerprint density at radius 3 is 2.33 bits per heavy atom. The third kappa shape index (κ3) is 5.07. The van der Waals surface area contributed by atoms with E-state index in [1.165, 1.54) is 18.7 Å². The highest BCUT2D eigenvalue weighted by molar-refractivity contribution is 7.98. The van der Waals surface area contributed by atoms with E-state index in [0.29, 0.717) is 12.2 Å². The van der Waals surface area contributed by atoms with Gasteiger partial charge in [-0.3, -0.25) is 14.4 Å². The van der Waals surface area contributed by atoms with E-state index < -0.39 is 29.5 Å². The number of rotatable bonds is 7. The molecule has 0 saturated heterocycles. The smallest absolute Gasteiger partial charge is 0.326 e. The predicted molar refractivity (Wildman–Crippen MR) is 77.6 cm³/mol. The zero-order chi connectivity index (χ0) is 16.0. The van der Waals surface area contributed by atoms with Crippen molar-refractivity contribution < 1.29 is 24.3 Å². The summed E-state index contributed by atoms with van der Waals surface area (Å²) >= 11 is 1.48. The summed E-state index contributed by atoms with van der Waals surface area (Å²) in [4.78, 5) is 45.6. The van der Waals surface area contributed by atoms with Crippen molar-refractivity contribution in [3.8, 4) is 0 Å². The molecule has 0 heterocycles. The van der Waals surface area contributed by atoms with Gasteiger partial charge in [-0.25, -0.2) is 4.79 Å². The molecule has 0 aliphatic heterocycles. The normalized spacial score (nSPS) is 15.9. The second-order valence-corrected chi connectivity index (χ2v) is 5.33. The largest absolute Gasteiger partial charge is 0.480 e. The van der Waals surface area contributed by atoms with Crippen molar-refractivity contribution in [1.82, 2.24) is 10.6 Å². The summed E-state index contributed by atoms with van der Waals surface area (Å²) in [7, 11) is 0. The molecule has 1 rings (SSSR count). The Balaban J connectivity index is 2.81. The second kappa shape index (κ2) is 7.63. The number of aliphatic carboxylic acids is 1. The van der Waals surface area contributed by atoms with Crippen molar-refractivity contribution in [2.45, 2.75) is 19.4 Å². The SMILES string of the molecule is CSCC[C@H](NC1=CC(=O)C(NC(C)=O)=CC1=O)C(=O)O. The van der Waals surface area contributed by atoms with Gasteiger partial charge >= 0.3 is 5.97 Å². The van der Waals surface area contributed by atoms with Gasteiger partial charge in [-0.1, -0.05) is 0 Å². The zero-order valence-corrected chi connectivity index (χ0v) is 12.5. The molecule has 8 heteroatoms. The summed E-state index contributed by atoms with van der Waals surface area (Å²) in [6.45, 7) is 1.22. The summed E-state index contributed by atoms with van der Waals surface area (Å²) in [6, 6.07) is -0.948. The number of carbonyl (C=O) groups is 4. The molecule has 0 unspecified atom stereocenters. The second-order valence-electron chi connectivity index (χ2n) is 4.34. The summed E-state index contributed by atoms with van der Waals surface area (Å²) in [5.74, 6) is -2.06. The summed E-state index contributed by atoms with van der Waals surface area (Å²) in [5.41, 5.74) is -0.198. The van der Waals surface area contributed by atoms with Gasteiger partial charge in [-0.05, 0) is 18.4 Å². The molecule has 0 spiro atoms. The molecular formula is C13H16N2O5S. The van der Waals surface area contributed by atoms with Crippen LogP contribution in [-0.4, -0.2) is 46.6 Å². The summed E-state index contributed by atoms with van der Waals surface area (Å²) < 4.78 is 0. The number of carboxylic acid groups (broad SMARTS) is 1. The number of hydrogen-bond donors (Lipinski definition) is 3. The van der Waals surface area contributed by atoms with Gasteiger partial charge in [0.15, 0.2) is 0 Å². The average Bonchev–Trinajstić information content (AvgIpc) is 2.38. The van der Waals surface area contributed by atoms with Crippen molar-refractivity contribution in [2.24, 2.45) is 0 Å². The van der Waals surface area contributed by atoms with Gasteiger partial charge < -0.3 is 15.7 Å². The first kappa shape index (κ1) is 17.0. The first-order chi connectivity index (χ1) is 9.85. The van der Waals surface area contributed by atoms with Crippen LogP contribution in [0.15, 0.2) is 23.5 Å². The number of ketones is 2. The molecule has 0 aromatic rings. The van der Waals surface area contributed by atoms with Gasteiger partial charge in [0.1, 0.15) is 6.04 Å². The van der Waals surface area contributed by atoms with Crippen LogP contribution in [0.5, 0.6) is 0 Å². The Labute approximate surface area is 125 Å². The molecule has 0 aromatic carbocycles. The molecule has 1 amide bonds. The van der Waals surface area contributed by atoms with Crippen LogP contribution in [0.4, 0.5) is 0 Å². The van der Waals surface area contributed by atoms with E-state index in [0.717, 1.165) is 12.2 Å². The Kier molecular flexibility index (Phi) is 6.16. The van der Waals surface area contributed by atoms with E-state index >= 15 is 0 Å². The minimum Gasteiger partial charge on any atom is -0.480 e. The van der Waals surface area contributed by atoms with Crippen LogP contribution in [0.1, 0.15) is 13.3 Å². The lowest BCUT2D eigenvalue weighted by molar-refractivity contribution is -0.139. The molecule has 0 saturated carbocycles. The number of carboxylic acids is 1. The lowest BCUT2D eigenvalue weighted by Crippen LogP contribution is -2.40. The summed E-state index contributed by atoms with van der Waals surface area (Å²) in [5, 5.41) is 13.9. The molecule has 0 bridgehead atoms. The highest BCUT2D eigenvalue weighted by Crippen LogP contribution is 2.10. The van der Waals surface area contributed by atoms with Crippen LogP contribution in [0.25, 0.3) is 0 Å². The number of allylic oxidation sites excluding steroid dienone is 2. The maximum atomic E-state index is 11.9. The fraction of sp³-hybridized carbons (Fsp3) is 0.385. The molecule has 0 radical (unpaired) electrons.